The summed E-state index contributed by atoms with van der Waals surface area (Å²) in [6, 6.07) is 5.12. The van der Waals surface area contributed by atoms with Crippen LogP contribution in [0.3, 0.4) is 0 Å². The summed E-state index contributed by atoms with van der Waals surface area (Å²) in [5.41, 5.74) is -0.889. The molecular weight excluding hydrogens is 283 g/mol. The van der Waals surface area contributed by atoms with Crippen LogP contribution in [0.25, 0.3) is 0 Å². The molecule has 5 nitrogen and oxygen atoms in total. The van der Waals surface area contributed by atoms with Crippen LogP contribution in [0.15, 0.2) is 24.3 Å². The van der Waals surface area contributed by atoms with Gasteiger partial charge in [-0.15, -0.1) is 0 Å². The van der Waals surface area contributed by atoms with Crippen LogP contribution in [0.1, 0.15) is 5.56 Å². The van der Waals surface area contributed by atoms with Crippen molar-refractivity contribution < 1.29 is 13.2 Å². The highest BCUT2D eigenvalue weighted by molar-refractivity contribution is 6.05. The lowest BCUT2D eigenvalue weighted by Crippen LogP contribution is -2.54. The van der Waals surface area contributed by atoms with Crippen molar-refractivity contribution in [3.05, 3.63) is 29.8 Å². The number of para-hydroxylation sites is 1. The molecule has 0 aliphatic carbocycles. The maximum Gasteiger partial charge on any atom is 0.418 e. The minimum Gasteiger partial charge on any atom is -0.315 e. The average Bonchev–Trinajstić information content (AvgIpc) is 2.45. The molecule has 114 valence electrons. The topological polar surface area (TPSA) is 66.2 Å². The first-order chi connectivity index (χ1) is 9.82. The molecule has 0 spiro atoms. The molecule has 21 heavy (non-hydrogen) atoms. The minimum atomic E-state index is -4.48. The maximum absolute atomic E-state index is 13.0. The Morgan fingerprint density at radius 2 is 2.00 bits per heavy atom. The third-order valence-corrected chi connectivity index (χ3v) is 3.27. The predicted molar refractivity (Wildman–Crippen MR) is 74.9 cm³/mol. The quantitative estimate of drug-likeness (QED) is 0.548. The molecule has 1 aliphatic heterocycles. The van der Waals surface area contributed by atoms with Gasteiger partial charge in [0.2, 0.25) is 5.96 Å². The van der Waals surface area contributed by atoms with Crippen molar-refractivity contribution in [3.63, 3.8) is 0 Å². The van der Waals surface area contributed by atoms with Crippen molar-refractivity contribution >= 4 is 17.5 Å². The van der Waals surface area contributed by atoms with Crippen molar-refractivity contribution in [2.45, 2.75) is 6.18 Å². The Hall–Kier alpha value is -2.09. The molecular formula is C13H16F3N5. The Labute approximate surface area is 120 Å². The summed E-state index contributed by atoms with van der Waals surface area (Å²) in [5, 5.41) is 18.8. The van der Waals surface area contributed by atoms with Gasteiger partial charge in [-0.3, -0.25) is 15.7 Å². The van der Waals surface area contributed by atoms with Crippen molar-refractivity contribution in [3.8, 4) is 0 Å². The summed E-state index contributed by atoms with van der Waals surface area (Å²) in [6.07, 6.45) is -4.48. The molecule has 8 heteroatoms. The van der Waals surface area contributed by atoms with Gasteiger partial charge >= 0.3 is 6.18 Å². The molecule has 2 rings (SSSR count). The lowest BCUT2D eigenvalue weighted by molar-refractivity contribution is -0.137. The second-order valence-corrected chi connectivity index (χ2v) is 4.67. The lowest BCUT2D eigenvalue weighted by atomic mass is 10.1. The highest BCUT2D eigenvalue weighted by Gasteiger charge is 2.35. The van der Waals surface area contributed by atoms with E-state index in [1.54, 1.807) is 0 Å². The molecule has 0 saturated carbocycles. The van der Waals surface area contributed by atoms with Crippen LogP contribution in [0.2, 0.25) is 0 Å². The highest BCUT2D eigenvalue weighted by Crippen LogP contribution is 2.36. The number of piperazine rings is 1. The summed E-state index contributed by atoms with van der Waals surface area (Å²) < 4.78 is 39.1. The summed E-state index contributed by atoms with van der Waals surface area (Å²) in [4.78, 5) is 2.55. The Bertz CT molecular complexity index is 555. The Morgan fingerprint density at radius 3 is 2.62 bits per heavy atom. The molecule has 1 fully saturated rings. The zero-order valence-electron chi connectivity index (χ0n) is 11.5. The number of nitrogens with one attached hydrogen (secondary N) is 3. The summed E-state index contributed by atoms with van der Waals surface area (Å²) >= 11 is 0. The number of halogens is 3. The number of alkyl halides is 3. The highest BCUT2D eigenvalue weighted by atomic mass is 19.4. The van der Waals surface area contributed by atoms with Gasteiger partial charge < -0.3 is 10.2 Å². The van der Waals surface area contributed by atoms with E-state index in [1.165, 1.54) is 30.1 Å². The van der Waals surface area contributed by atoms with E-state index >= 15 is 0 Å². The van der Waals surface area contributed by atoms with Crippen LogP contribution in [0.4, 0.5) is 18.9 Å². The van der Waals surface area contributed by atoms with Crippen molar-refractivity contribution in [1.82, 2.24) is 10.2 Å². The van der Waals surface area contributed by atoms with E-state index in [2.05, 4.69) is 5.32 Å². The first-order valence-corrected chi connectivity index (χ1v) is 6.36. The molecule has 0 atom stereocenters. The van der Waals surface area contributed by atoms with E-state index in [1.807, 2.05) is 0 Å². The molecule has 0 unspecified atom stereocenters. The van der Waals surface area contributed by atoms with Crippen LogP contribution in [0, 0.1) is 10.8 Å². The Kier molecular flexibility index (Phi) is 4.17. The largest absolute Gasteiger partial charge is 0.418 e. The molecule has 0 amide bonds. The lowest BCUT2D eigenvalue weighted by Gasteiger charge is -2.35. The summed E-state index contributed by atoms with van der Waals surface area (Å²) in [7, 11) is 1.40. The van der Waals surface area contributed by atoms with Gasteiger partial charge in [-0.1, -0.05) is 12.1 Å². The molecule has 1 saturated heterocycles. The van der Waals surface area contributed by atoms with E-state index in [4.69, 9.17) is 10.8 Å². The molecule has 1 aromatic rings. The van der Waals surface area contributed by atoms with Crippen LogP contribution in [-0.4, -0.2) is 43.4 Å². The molecule has 3 N–H and O–H groups in total. The Balaban J connectivity index is 2.30. The zero-order valence-corrected chi connectivity index (χ0v) is 11.5. The summed E-state index contributed by atoms with van der Waals surface area (Å²) in [6.45, 7) is 1.27. The van der Waals surface area contributed by atoms with Gasteiger partial charge in [0, 0.05) is 20.1 Å². The van der Waals surface area contributed by atoms with Crippen LogP contribution in [-0.2, 0) is 6.18 Å². The molecule has 0 radical (unpaired) electrons. The second kappa shape index (κ2) is 5.72. The van der Waals surface area contributed by atoms with E-state index in [0.29, 0.717) is 19.6 Å². The fourth-order valence-corrected chi connectivity index (χ4v) is 2.16. The standard InChI is InChI=1S/C13H16F3N5/c1-20(12(18)21-7-6-19-8-11(21)17)10-5-3-2-4-9(10)13(14,15)16/h2-5,17-19H,6-8H2,1H3. The molecule has 1 aliphatic rings. The SMILES string of the molecule is CN(C(=N)N1CCNCC1=N)c1ccccc1C(F)(F)F. The van der Waals surface area contributed by atoms with E-state index in [9.17, 15) is 13.2 Å². The van der Waals surface area contributed by atoms with Gasteiger partial charge in [-0.25, -0.2) is 0 Å². The van der Waals surface area contributed by atoms with Gasteiger partial charge in [-0.05, 0) is 12.1 Å². The third kappa shape index (κ3) is 3.15. The van der Waals surface area contributed by atoms with Gasteiger partial charge in [0.25, 0.3) is 0 Å². The maximum atomic E-state index is 13.0. The number of rotatable bonds is 1. The zero-order chi connectivity index (χ0) is 15.6. The minimum absolute atomic E-state index is 0.0960. The smallest absolute Gasteiger partial charge is 0.315 e. The van der Waals surface area contributed by atoms with Gasteiger partial charge in [0.15, 0.2) is 0 Å². The number of nitrogens with zero attached hydrogens (tertiary/aromatic N) is 2. The second-order valence-electron chi connectivity index (χ2n) is 4.67. The van der Waals surface area contributed by atoms with Crippen LogP contribution >= 0.6 is 0 Å². The predicted octanol–water partition coefficient (Wildman–Crippen LogP) is 1.96. The van der Waals surface area contributed by atoms with Gasteiger partial charge in [0.1, 0.15) is 5.84 Å². The first kappa shape index (κ1) is 15.3. The van der Waals surface area contributed by atoms with E-state index in [0.717, 1.165) is 11.0 Å². The number of hydrogen-bond donors (Lipinski definition) is 3. The molecule has 1 aromatic carbocycles. The molecule has 0 aromatic heterocycles. The van der Waals surface area contributed by atoms with E-state index in [-0.39, 0.29) is 17.5 Å². The first-order valence-electron chi connectivity index (χ1n) is 6.36. The molecule has 1 heterocycles. The van der Waals surface area contributed by atoms with Gasteiger partial charge in [0.05, 0.1) is 17.8 Å². The average molecular weight is 299 g/mol. The van der Waals surface area contributed by atoms with Crippen LogP contribution in [0.5, 0.6) is 0 Å². The third-order valence-electron chi connectivity index (χ3n) is 3.27. The van der Waals surface area contributed by atoms with E-state index < -0.39 is 11.7 Å². The normalized spacial score (nSPS) is 16.0. The number of amidine groups is 1. The number of hydrogen-bond acceptors (Lipinski definition) is 3. The fraction of sp³-hybridized carbons (Fsp3) is 0.385. The summed E-state index contributed by atoms with van der Waals surface area (Å²) in [5.74, 6) is 0.0285. The number of anilines is 1. The number of benzene rings is 1. The van der Waals surface area contributed by atoms with Crippen molar-refractivity contribution in [2.24, 2.45) is 0 Å². The van der Waals surface area contributed by atoms with Crippen LogP contribution < -0.4 is 10.2 Å². The monoisotopic (exact) mass is 299 g/mol. The van der Waals surface area contributed by atoms with Crippen molar-refractivity contribution in [1.29, 1.82) is 10.8 Å². The Morgan fingerprint density at radius 1 is 1.33 bits per heavy atom. The fourth-order valence-electron chi connectivity index (χ4n) is 2.16. The number of guanidine groups is 1. The molecule has 0 bridgehead atoms. The van der Waals surface area contributed by atoms with Gasteiger partial charge in [-0.2, -0.15) is 13.2 Å². The van der Waals surface area contributed by atoms with Crippen molar-refractivity contribution in [2.75, 3.05) is 31.6 Å².